The molecule has 0 bridgehead atoms. The number of guanidine groups is 1. The lowest BCUT2D eigenvalue weighted by atomic mass is 10.0. The quantitative estimate of drug-likeness (QED) is 0.0737. The van der Waals surface area contributed by atoms with Crippen LogP contribution in [0, 0.1) is 5.92 Å². The van der Waals surface area contributed by atoms with Crippen LogP contribution >= 0.6 is 0 Å². The van der Waals surface area contributed by atoms with Crippen molar-refractivity contribution < 1.29 is 29.1 Å². The number of aliphatic carboxylic acids is 1. The van der Waals surface area contributed by atoms with E-state index in [1.54, 1.807) is 13.8 Å². The fourth-order valence-corrected chi connectivity index (χ4v) is 2.37. The average molecular weight is 444 g/mol. The van der Waals surface area contributed by atoms with Crippen molar-refractivity contribution in [2.75, 3.05) is 13.1 Å². The summed E-state index contributed by atoms with van der Waals surface area (Å²) in [6.07, 6.45) is 0.0886. The van der Waals surface area contributed by atoms with Gasteiger partial charge >= 0.3 is 5.97 Å². The molecule has 3 atom stereocenters. The highest BCUT2D eigenvalue weighted by Crippen LogP contribution is 2.02. The van der Waals surface area contributed by atoms with Gasteiger partial charge in [-0.15, -0.1) is 0 Å². The molecule has 4 amide bonds. The monoisotopic (exact) mass is 444 g/mol. The van der Waals surface area contributed by atoms with Crippen LogP contribution in [0.1, 0.15) is 33.1 Å². The maximum atomic E-state index is 12.3. The summed E-state index contributed by atoms with van der Waals surface area (Å²) in [5.74, 6) is -4.88. The van der Waals surface area contributed by atoms with Crippen LogP contribution in [0.2, 0.25) is 0 Å². The second-order valence-corrected chi connectivity index (χ2v) is 7.13. The molecular formula is C17H32N8O6. The summed E-state index contributed by atoms with van der Waals surface area (Å²) in [6.45, 7) is 2.91. The van der Waals surface area contributed by atoms with E-state index in [4.69, 9.17) is 28.0 Å². The Morgan fingerprint density at radius 3 is 2.10 bits per heavy atom. The fourth-order valence-electron chi connectivity index (χ4n) is 2.37. The minimum atomic E-state index is -1.36. The Bertz CT molecular complexity index is 692. The van der Waals surface area contributed by atoms with E-state index in [0.29, 0.717) is 6.42 Å². The molecule has 0 aromatic carbocycles. The smallest absolute Gasteiger partial charge is 0.326 e. The first kappa shape index (κ1) is 27.6. The summed E-state index contributed by atoms with van der Waals surface area (Å²) in [5.41, 5.74) is 21.3. The highest BCUT2D eigenvalue weighted by Gasteiger charge is 2.27. The van der Waals surface area contributed by atoms with Crippen LogP contribution in [0.4, 0.5) is 0 Å². The number of carboxylic acids is 1. The number of carbonyl (C=O) groups is 5. The Morgan fingerprint density at radius 1 is 1.00 bits per heavy atom. The van der Waals surface area contributed by atoms with Gasteiger partial charge in [-0.2, -0.15) is 0 Å². The molecule has 0 aromatic heterocycles. The Balaban J connectivity index is 4.81. The summed E-state index contributed by atoms with van der Waals surface area (Å²) in [6, 6.07) is -3.49. The van der Waals surface area contributed by atoms with Crippen molar-refractivity contribution in [2.24, 2.45) is 33.8 Å². The van der Waals surface area contributed by atoms with Gasteiger partial charge in [-0.1, -0.05) is 13.8 Å². The second-order valence-electron chi connectivity index (χ2n) is 7.13. The summed E-state index contributed by atoms with van der Waals surface area (Å²) in [7, 11) is 0. The zero-order valence-electron chi connectivity index (χ0n) is 17.6. The maximum absolute atomic E-state index is 12.3. The molecule has 12 N–H and O–H groups in total. The van der Waals surface area contributed by atoms with Crippen molar-refractivity contribution in [3.8, 4) is 0 Å². The van der Waals surface area contributed by atoms with E-state index in [9.17, 15) is 24.0 Å². The number of hydrogen-bond acceptors (Lipinski definition) is 7. The number of nitrogens with zero attached hydrogens (tertiary/aromatic N) is 1. The maximum Gasteiger partial charge on any atom is 0.326 e. The van der Waals surface area contributed by atoms with E-state index in [1.165, 1.54) is 0 Å². The molecule has 0 rings (SSSR count). The van der Waals surface area contributed by atoms with Crippen LogP contribution in [0.25, 0.3) is 0 Å². The molecule has 31 heavy (non-hydrogen) atoms. The third-order valence-electron chi connectivity index (χ3n) is 4.02. The van der Waals surface area contributed by atoms with Gasteiger partial charge in [0.2, 0.25) is 23.6 Å². The predicted molar refractivity (Wildman–Crippen MR) is 111 cm³/mol. The van der Waals surface area contributed by atoms with Crippen molar-refractivity contribution in [1.29, 1.82) is 0 Å². The Labute approximate surface area is 179 Å². The van der Waals surface area contributed by atoms with Crippen molar-refractivity contribution in [3.63, 3.8) is 0 Å². The number of carbonyl (C=O) groups excluding carboxylic acids is 4. The molecule has 14 nitrogen and oxygen atoms in total. The lowest BCUT2D eigenvalue weighted by Gasteiger charge is -2.21. The number of aliphatic imine (C=N–C) groups is 1. The Hall–Kier alpha value is -3.42. The molecule has 0 aliphatic rings. The van der Waals surface area contributed by atoms with E-state index in [1.807, 2.05) is 0 Å². The largest absolute Gasteiger partial charge is 0.480 e. The number of carboxylic acid groups (broad SMARTS) is 1. The molecule has 0 fully saturated rings. The SMILES string of the molecule is CC(C)C(NC(=O)CNC(=O)C(CC(N)=O)NC(=O)C(N)CCCN=C(N)N)C(=O)O. The molecule has 0 saturated carbocycles. The fraction of sp³-hybridized carbons (Fsp3) is 0.647. The first-order valence-electron chi connectivity index (χ1n) is 9.54. The summed E-state index contributed by atoms with van der Waals surface area (Å²) < 4.78 is 0. The lowest BCUT2D eigenvalue weighted by molar-refractivity contribution is -0.143. The summed E-state index contributed by atoms with van der Waals surface area (Å²) in [4.78, 5) is 62.6. The van der Waals surface area contributed by atoms with Gasteiger partial charge in [-0.25, -0.2) is 4.79 Å². The molecular weight excluding hydrogens is 412 g/mol. The van der Waals surface area contributed by atoms with Gasteiger partial charge in [0.05, 0.1) is 19.0 Å². The first-order valence-corrected chi connectivity index (χ1v) is 9.54. The molecule has 14 heteroatoms. The van der Waals surface area contributed by atoms with E-state index in [-0.39, 0.29) is 24.8 Å². The Morgan fingerprint density at radius 2 is 1.61 bits per heavy atom. The van der Waals surface area contributed by atoms with E-state index in [0.717, 1.165) is 0 Å². The zero-order chi connectivity index (χ0) is 24.1. The van der Waals surface area contributed by atoms with Crippen molar-refractivity contribution in [2.45, 2.75) is 51.2 Å². The molecule has 0 heterocycles. The predicted octanol–water partition coefficient (Wildman–Crippen LogP) is -3.93. The standard InChI is InChI=1S/C17H32N8O6/c1-8(2)13(16(30)31)25-12(27)7-23-15(29)10(6-11(19)26)24-14(28)9(18)4-3-5-22-17(20)21/h8-10,13H,3-7,18H2,1-2H3,(H2,19,26)(H,23,29)(H,24,28)(H,25,27)(H,30,31)(H4,20,21,22). The van der Waals surface area contributed by atoms with Gasteiger partial charge in [-0.05, 0) is 18.8 Å². The van der Waals surface area contributed by atoms with Gasteiger partial charge in [0, 0.05) is 6.54 Å². The number of nitrogens with one attached hydrogen (secondary N) is 3. The van der Waals surface area contributed by atoms with E-state index in [2.05, 4.69) is 20.9 Å². The number of hydrogen-bond donors (Lipinski definition) is 8. The van der Waals surface area contributed by atoms with E-state index < -0.39 is 60.7 Å². The summed E-state index contributed by atoms with van der Waals surface area (Å²) in [5, 5.41) is 15.9. The van der Waals surface area contributed by atoms with Crippen LogP contribution in [0.15, 0.2) is 4.99 Å². The van der Waals surface area contributed by atoms with Gasteiger partial charge in [0.25, 0.3) is 0 Å². The average Bonchev–Trinajstić information content (AvgIpc) is 2.65. The molecule has 0 aliphatic carbocycles. The molecule has 0 aliphatic heterocycles. The first-order chi connectivity index (χ1) is 14.3. The van der Waals surface area contributed by atoms with Gasteiger partial charge in [0.1, 0.15) is 12.1 Å². The molecule has 3 unspecified atom stereocenters. The zero-order valence-corrected chi connectivity index (χ0v) is 17.6. The molecule has 176 valence electrons. The minimum Gasteiger partial charge on any atom is -0.480 e. The second kappa shape index (κ2) is 13.7. The van der Waals surface area contributed by atoms with Gasteiger partial charge in [0.15, 0.2) is 5.96 Å². The minimum absolute atomic E-state index is 0.0941. The van der Waals surface area contributed by atoms with Crippen molar-refractivity contribution in [1.82, 2.24) is 16.0 Å². The van der Waals surface area contributed by atoms with E-state index >= 15 is 0 Å². The van der Waals surface area contributed by atoms with Crippen LogP contribution in [0.5, 0.6) is 0 Å². The third kappa shape index (κ3) is 12.0. The van der Waals surface area contributed by atoms with Crippen molar-refractivity contribution in [3.05, 3.63) is 0 Å². The third-order valence-corrected chi connectivity index (χ3v) is 4.02. The normalized spacial score (nSPS) is 13.4. The molecule has 0 aromatic rings. The highest BCUT2D eigenvalue weighted by molar-refractivity contribution is 5.95. The number of primary amides is 1. The topological polar surface area (TPSA) is 258 Å². The molecule has 0 saturated heterocycles. The number of rotatable bonds is 14. The molecule has 0 radical (unpaired) electrons. The van der Waals surface area contributed by atoms with Gasteiger partial charge < -0.3 is 44.0 Å². The molecule has 0 spiro atoms. The summed E-state index contributed by atoms with van der Waals surface area (Å²) >= 11 is 0. The highest BCUT2D eigenvalue weighted by atomic mass is 16.4. The van der Waals surface area contributed by atoms with Crippen LogP contribution in [-0.4, -0.2) is 71.9 Å². The van der Waals surface area contributed by atoms with Crippen LogP contribution < -0.4 is 38.9 Å². The Kier molecular flexibility index (Phi) is 12.2. The van der Waals surface area contributed by atoms with Crippen molar-refractivity contribution >= 4 is 35.6 Å². The number of amides is 4. The lowest BCUT2D eigenvalue weighted by Crippen LogP contribution is -2.54. The van der Waals surface area contributed by atoms with Crippen LogP contribution in [-0.2, 0) is 24.0 Å². The van der Waals surface area contributed by atoms with Gasteiger partial charge in [-0.3, -0.25) is 24.2 Å². The van der Waals surface area contributed by atoms with Crippen LogP contribution in [0.3, 0.4) is 0 Å². The number of nitrogens with two attached hydrogens (primary N) is 4.